The zero-order chi connectivity index (χ0) is 69.1. The van der Waals surface area contributed by atoms with Crippen LogP contribution in [0, 0.1) is 0 Å². The smallest absolute Gasteiger partial charge is 0.0553 e. The average molecular weight is 1340 g/mol. The lowest BCUT2D eigenvalue weighted by Crippen LogP contribution is -2.14. The van der Waals surface area contributed by atoms with Gasteiger partial charge in [0, 0.05) is 21.9 Å². The van der Waals surface area contributed by atoms with Crippen LogP contribution in [0.15, 0.2) is 334 Å². The largest absolute Gasteiger partial charge is 0.309 e. The number of aromatic nitrogens is 1. The Labute approximate surface area is 609 Å². The van der Waals surface area contributed by atoms with E-state index >= 15 is 0 Å². The van der Waals surface area contributed by atoms with E-state index in [1.165, 1.54) is 251 Å². The highest BCUT2D eigenvalue weighted by Gasteiger charge is 2.39. The van der Waals surface area contributed by atoms with Gasteiger partial charge in [-0.2, -0.15) is 0 Å². The minimum Gasteiger partial charge on any atom is -0.309 e. The summed E-state index contributed by atoms with van der Waals surface area (Å²) >= 11 is 0. The van der Waals surface area contributed by atoms with E-state index in [1.807, 2.05) is 0 Å². The molecule has 0 aliphatic heterocycles. The molecule has 0 N–H and O–H groups in total. The second-order valence-corrected chi connectivity index (χ2v) is 30.6. The number of para-hydroxylation sites is 1. The number of nitrogens with zero attached hydrogens (tertiary/aromatic N) is 1. The van der Waals surface area contributed by atoms with Crippen molar-refractivity contribution in [1.29, 1.82) is 0 Å². The van der Waals surface area contributed by atoms with Crippen molar-refractivity contribution in [1.82, 2.24) is 4.57 Å². The Morgan fingerprint density at radius 2 is 0.566 bits per heavy atom. The van der Waals surface area contributed by atoms with Crippen molar-refractivity contribution in [2.45, 2.75) is 19.3 Å². The van der Waals surface area contributed by atoms with E-state index in [0.29, 0.717) is 0 Å². The summed E-state index contributed by atoms with van der Waals surface area (Å²) < 4.78 is 2.57. The fraction of sp³-hybridized carbons (Fsp3) is 0.0286. The molecule has 0 amide bonds. The van der Waals surface area contributed by atoms with Crippen molar-refractivity contribution in [3.63, 3.8) is 0 Å². The van der Waals surface area contributed by atoms with Crippen molar-refractivity contribution in [3.8, 4) is 72.4 Å². The molecule has 23 aromatic carbocycles. The first kappa shape index (κ1) is 57.1. The first-order chi connectivity index (χ1) is 52.4. The Hall–Kier alpha value is -13.5. The van der Waals surface area contributed by atoms with Crippen LogP contribution in [-0.2, 0) is 5.41 Å². The molecule has 1 heteroatoms. The lowest BCUT2D eigenvalue weighted by atomic mass is 9.81. The van der Waals surface area contributed by atoms with Gasteiger partial charge in [0.05, 0.1) is 11.0 Å². The Bertz CT molecular complexity index is 7960. The molecule has 0 saturated carbocycles. The predicted octanol–water partition coefficient (Wildman–Crippen LogP) is 29.3. The molecule has 0 bridgehead atoms. The molecule has 0 atom stereocenters. The van der Waals surface area contributed by atoms with Gasteiger partial charge in [0.15, 0.2) is 0 Å². The summed E-state index contributed by atoms with van der Waals surface area (Å²) in [5.74, 6) is 0. The molecule has 0 radical (unpaired) electrons. The molecule has 0 unspecified atom stereocenters. The predicted molar refractivity (Wildman–Crippen MR) is 455 cm³/mol. The minimum absolute atomic E-state index is 0.178. The van der Waals surface area contributed by atoms with Crippen molar-refractivity contribution < 1.29 is 0 Å². The van der Waals surface area contributed by atoms with E-state index in [0.717, 1.165) is 5.69 Å². The average Bonchev–Trinajstić information content (AvgIpc) is 1.51. The van der Waals surface area contributed by atoms with E-state index in [-0.39, 0.29) is 5.41 Å². The number of hydrogen-bond donors (Lipinski definition) is 0. The highest BCUT2D eigenvalue weighted by atomic mass is 15.0. The summed E-state index contributed by atoms with van der Waals surface area (Å²) in [7, 11) is 0. The van der Waals surface area contributed by atoms with Gasteiger partial charge in [-0.15, -0.1) is 0 Å². The molecule has 0 saturated heterocycles. The molecule has 0 fully saturated rings. The summed E-state index contributed by atoms with van der Waals surface area (Å²) in [5.41, 5.74) is 21.3. The fourth-order valence-electron chi connectivity index (χ4n) is 21.1. The number of hydrogen-bond acceptors (Lipinski definition) is 0. The molecule has 1 nitrogen and oxygen atoms in total. The van der Waals surface area contributed by atoms with E-state index in [4.69, 9.17) is 0 Å². The third-order valence-corrected chi connectivity index (χ3v) is 25.2. The van der Waals surface area contributed by atoms with Crippen molar-refractivity contribution in [2.75, 3.05) is 0 Å². The van der Waals surface area contributed by atoms with Gasteiger partial charge >= 0.3 is 0 Å². The monoisotopic (exact) mass is 1340 g/mol. The molecule has 1 aromatic heterocycles. The molecule has 24 aromatic rings. The molecule has 25 rings (SSSR count). The first-order valence-corrected chi connectivity index (χ1v) is 37.4. The van der Waals surface area contributed by atoms with Crippen LogP contribution in [0.1, 0.15) is 25.0 Å². The maximum Gasteiger partial charge on any atom is 0.0553 e. The molecule has 0 spiro atoms. The van der Waals surface area contributed by atoms with Crippen LogP contribution in [0.2, 0.25) is 0 Å². The zero-order valence-electron chi connectivity index (χ0n) is 58.2. The fourth-order valence-corrected chi connectivity index (χ4v) is 21.1. The quantitative estimate of drug-likeness (QED) is 0.146. The summed E-state index contributed by atoms with van der Waals surface area (Å²) in [6.45, 7) is 4.86. The second-order valence-electron chi connectivity index (χ2n) is 30.6. The van der Waals surface area contributed by atoms with Gasteiger partial charge in [-0.1, -0.05) is 299 Å². The molecular formula is C105H61N. The van der Waals surface area contributed by atoms with Crippen LogP contribution in [0.5, 0.6) is 0 Å². The van der Waals surface area contributed by atoms with Gasteiger partial charge in [0.25, 0.3) is 0 Å². The summed E-state index contributed by atoms with van der Waals surface area (Å²) in [6, 6.07) is 128. The highest BCUT2D eigenvalue weighted by Crippen LogP contribution is 2.61. The molecule has 1 aliphatic carbocycles. The highest BCUT2D eigenvalue weighted by molar-refractivity contribution is 6.49. The van der Waals surface area contributed by atoms with Gasteiger partial charge in [-0.05, 0) is 277 Å². The third kappa shape index (κ3) is 7.15. The lowest BCUT2D eigenvalue weighted by Gasteiger charge is -2.22. The molecule has 1 heterocycles. The van der Waals surface area contributed by atoms with Crippen LogP contribution < -0.4 is 0 Å². The van der Waals surface area contributed by atoms with Gasteiger partial charge in [-0.3, -0.25) is 0 Å². The standard InChI is InChI=1S/C105H61N/c1-105(2)85-47-21-20-38-70(85)97-72-41-24-45-76-95(72)83(56-86(97)105)103-89(58-26-8-3-9-27-58)82-55-80-67-50-48-62(52-78(67)69-40-23-44-75(94(69)80)100(82)91(101(76)103)60-30-12-5-13-31-60)63-49-51-71-87(53-63)106(64-34-16-7-17-35-64)88-57-84-96-73(98(71)88)42-25-46-77(96)102-92(61-32-14-6-15-33-61)99-74-43-22-39-68-65-36-18-19-37-66(65)79(93(68)74)54-81(99)90(104(84)102)59-28-10-4-11-29-59/h3-57H,1-2H3. The van der Waals surface area contributed by atoms with E-state index < -0.39 is 0 Å². The van der Waals surface area contributed by atoms with Gasteiger partial charge in [0.2, 0.25) is 0 Å². The SMILES string of the molecule is CC1(C)c2ccccc2-c2c1cc1c3c(-c4ccccc4)c4cc5c6ccc(-c7ccc8c9c%10cccc%11c%12c(-c%13ccccc%13)c%13c(cc%14c%15ccccc%15c%15cccc%13c%15%14)c(-c%13ccccc%13)c%12c(cc9n(-c9ccccc9)c8c7)c%11%10)cc6c6cccc(c4c(-c4ccccc4)c3c3cccc2c13)c65. The maximum absolute atomic E-state index is 2.60. The Morgan fingerprint density at radius 3 is 1.13 bits per heavy atom. The Balaban J connectivity index is 0.758. The van der Waals surface area contributed by atoms with Crippen LogP contribution in [-0.4, -0.2) is 4.57 Å². The normalized spacial score (nSPS) is 13.3. The Morgan fingerprint density at radius 1 is 0.179 bits per heavy atom. The Kier molecular flexibility index (Phi) is 11.0. The van der Waals surface area contributed by atoms with Crippen LogP contribution in [0.4, 0.5) is 0 Å². The van der Waals surface area contributed by atoms with Crippen LogP contribution in [0.25, 0.3) is 245 Å². The lowest BCUT2D eigenvalue weighted by molar-refractivity contribution is 0.661. The number of rotatable bonds is 6. The van der Waals surface area contributed by atoms with E-state index in [1.54, 1.807) is 0 Å². The first-order valence-electron chi connectivity index (χ1n) is 37.4. The maximum atomic E-state index is 2.60. The van der Waals surface area contributed by atoms with Crippen molar-refractivity contribution >= 4 is 173 Å². The van der Waals surface area contributed by atoms with Crippen molar-refractivity contribution in [2.24, 2.45) is 0 Å². The number of benzene rings is 19. The zero-order valence-corrected chi connectivity index (χ0v) is 58.2. The summed E-state index contributed by atoms with van der Waals surface area (Å²) in [5, 5.41) is 39.0. The topological polar surface area (TPSA) is 4.93 Å². The molecule has 1 aliphatic rings. The summed E-state index contributed by atoms with van der Waals surface area (Å²) in [4.78, 5) is 0. The van der Waals surface area contributed by atoms with Crippen molar-refractivity contribution in [3.05, 3.63) is 345 Å². The van der Waals surface area contributed by atoms with E-state index in [9.17, 15) is 0 Å². The minimum atomic E-state index is -0.178. The molecule has 106 heavy (non-hydrogen) atoms. The van der Waals surface area contributed by atoms with Crippen LogP contribution in [0.3, 0.4) is 0 Å². The van der Waals surface area contributed by atoms with Crippen LogP contribution >= 0.6 is 0 Å². The summed E-state index contributed by atoms with van der Waals surface area (Å²) in [6.07, 6.45) is 0. The number of fused-ring (bicyclic) bond motifs is 24. The van der Waals surface area contributed by atoms with Gasteiger partial charge in [-0.25, -0.2) is 0 Å². The van der Waals surface area contributed by atoms with E-state index in [2.05, 4.69) is 352 Å². The van der Waals surface area contributed by atoms with Gasteiger partial charge in [0.1, 0.15) is 0 Å². The second kappa shape index (κ2) is 20.5. The molecular weight excluding hydrogens is 1280 g/mol. The molecule has 486 valence electrons. The third-order valence-electron chi connectivity index (χ3n) is 25.2. The van der Waals surface area contributed by atoms with Gasteiger partial charge < -0.3 is 4.57 Å².